The third kappa shape index (κ3) is 45.2. The van der Waals surface area contributed by atoms with E-state index in [0.717, 1.165) is 38.5 Å². The van der Waals surface area contributed by atoms with Crippen LogP contribution in [0.2, 0.25) is 0 Å². The minimum atomic E-state index is -0.779. The number of aliphatic hydroxyl groups is 2. The van der Waals surface area contributed by atoms with Crippen molar-refractivity contribution in [3.05, 3.63) is 0 Å². The molecule has 0 saturated heterocycles. The van der Waals surface area contributed by atoms with Gasteiger partial charge in [-0.05, 0) is 25.7 Å². The van der Waals surface area contributed by atoms with Crippen LogP contribution in [0.4, 0.5) is 0 Å². The summed E-state index contributed by atoms with van der Waals surface area (Å²) in [6, 6.07) is -0.692. The van der Waals surface area contributed by atoms with Crippen LogP contribution in [0.15, 0.2) is 0 Å². The Hall–Kier alpha value is -1.14. The molecule has 0 heterocycles. The SMILES string of the molecule is CCCCCCCCCCCCCCCCCCCCCC(=O)OC(CCCCCCCCCCCC)CC(=O)NC(CO)C(O)CCCCCCCCCCCCCCC. The van der Waals surface area contributed by atoms with E-state index in [2.05, 4.69) is 26.1 Å². The normalized spacial score (nSPS) is 13.1. The van der Waals surface area contributed by atoms with Crippen molar-refractivity contribution in [1.29, 1.82) is 0 Å². The van der Waals surface area contributed by atoms with Crippen LogP contribution in [0.1, 0.15) is 316 Å². The van der Waals surface area contributed by atoms with Crippen molar-refractivity contribution in [3.8, 4) is 0 Å². The molecule has 0 aromatic heterocycles. The van der Waals surface area contributed by atoms with Crippen molar-refractivity contribution in [2.75, 3.05) is 6.61 Å². The summed E-state index contributed by atoms with van der Waals surface area (Å²) >= 11 is 0. The van der Waals surface area contributed by atoms with E-state index in [4.69, 9.17) is 4.74 Å². The molecule has 3 unspecified atom stereocenters. The Morgan fingerprint density at radius 2 is 0.689 bits per heavy atom. The summed E-state index contributed by atoms with van der Waals surface area (Å²) in [5.74, 6) is -0.449. The third-order valence-electron chi connectivity index (χ3n) is 13.2. The van der Waals surface area contributed by atoms with Gasteiger partial charge >= 0.3 is 5.97 Å². The van der Waals surface area contributed by atoms with Crippen LogP contribution >= 0.6 is 0 Å². The summed E-state index contributed by atoms with van der Waals surface area (Å²) in [6.45, 7) is 6.51. The Morgan fingerprint density at radius 1 is 0.410 bits per heavy atom. The van der Waals surface area contributed by atoms with Gasteiger partial charge in [-0.3, -0.25) is 9.59 Å². The average Bonchev–Trinajstić information content (AvgIpc) is 3.25. The van der Waals surface area contributed by atoms with E-state index in [1.165, 1.54) is 231 Å². The lowest BCUT2D eigenvalue weighted by Gasteiger charge is -2.24. The third-order valence-corrected chi connectivity index (χ3v) is 13.2. The van der Waals surface area contributed by atoms with Crippen molar-refractivity contribution in [2.24, 2.45) is 0 Å². The first kappa shape index (κ1) is 59.9. The van der Waals surface area contributed by atoms with Gasteiger partial charge in [-0.2, -0.15) is 0 Å². The van der Waals surface area contributed by atoms with Crippen LogP contribution < -0.4 is 5.32 Å². The zero-order chi connectivity index (χ0) is 44.5. The van der Waals surface area contributed by atoms with Crippen LogP contribution in [0.5, 0.6) is 0 Å². The summed E-state index contributed by atoms with van der Waals surface area (Å²) in [5.41, 5.74) is 0. The van der Waals surface area contributed by atoms with Gasteiger partial charge in [-0.1, -0.05) is 278 Å². The molecule has 0 spiro atoms. The number of carbonyl (C=O) groups excluding carboxylic acids is 2. The van der Waals surface area contributed by atoms with Crippen molar-refractivity contribution >= 4 is 11.9 Å². The lowest BCUT2D eigenvalue weighted by atomic mass is 10.0. The fourth-order valence-corrected chi connectivity index (χ4v) is 8.96. The maximum Gasteiger partial charge on any atom is 0.306 e. The molecule has 0 saturated carbocycles. The summed E-state index contributed by atoms with van der Waals surface area (Å²) in [4.78, 5) is 26.2. The molecule has 0 aliphatic carbocycles. The molecule has 1 amide bonds. The van der Waals surface area contributed by atoms with E-state index in [0.29, 0.717) is 19.3 Å². The number of aliphatic hydroxyl groups excluding tert-OH is 2. The molecular weight excluding hydrogens is 755 g/mol. The summed E-state index contributed by atoms with van der Waals surface area (Å²) < 4.78 is 5.94. The quantitative estimate of drug-likeness (QED) is 0.0418. The maximum absolute atomic E-state index is 13.2. The zero-order valence-corrected chi connectivity index (χ0v) is 41.6. The highest BCUT2D eigenvalue weighted by Crippen LogP contribution is 2.19. The molecule has 0 aromatic carbocycles. The van der Waals surface area contributed by atoms with Crippen molar-refractivity contribution in [2.45, 2.75) is 334 Å². The predicted molar refractivity (Wildman–Crippen MR) is 264 cm³/mol. The second-order valence-corrected chi connectivity index (χ2v) is 19.4. The molecule has 0 aliphatic heterocycles. The molecule has 3 N–H and O–H groups in total. The fourth-order valence-electron chi connectivity index (χ4n) is 8.96. The molecule has 0 fully saturated rings. The number of nitrogens with one attached hydrogen (secondary N) is 1. The number of rotatable bonds is 51. The summed E-state index contributed by atoms with van der Waals surface area (Å²) in [7, 11) is 0. The smallest absolute Gasteiger partial charge is 0.306 e. The van der Waals surface area contributed by atoms with Crippen molar-refractivity contribution in [3.63, 3.8) is 0 Å². The molecule has 3 atom stereocenters. The largest absolute Gasteiger partial charge is 0.462 e. The molecule has 364 valence electrons. The topological polar surface area (TPSA) is 95.9 Å². The van der Waals surface area contributed by atoms with Gasteiger partial charge in [0.2, 0.25) is 5.91 Å². The second-order valence-electron chi connectivity index (χ2n) is 19.4. The minimum Gasteiger partial charge on any atom is -0.462 e. The first-order valence-corrected chi connectivity index (χ1v) is 27.8. The lowest BCUT2D eigenvalue weighted by molar-refractivity contribution is -0.151. The zero-order valence-electron chi connectivity index (χ0n) is 41.6. The number of hydrogen-bond donors (Lipinski definition) is 3. The molecule has 0 bridgehead atoms. The van der Waals surface area contributed by atoms with Gasteiger partial charge in [0.25, 0.3) is 0 Å². The van der Waals surface area contributed by atoms with Crippen LogP contribution in [0, 0.1) is 0 Å². The molecule has 6 heteroatoms. The van der Waals surface area contributed by atoms with Gasteiger partial charge in [0, 0.05) is 6.42 Å². The van der Waals surface area contributed by atoms with Gasteiger partial charge in [0.1, 0.15) is 6.10 Å². The Kier molecular flexibility index (Phi) is 48.9. The van der Waals surface area contributed by atoms with E-state index in [-0.39, 0.29) is 24.9 Å². The van der Waals surface area contributed by atoms with E-state index in [1.54, 1.807) is 0 Å². The van der Waals surface area contributed by atoms with Gasteiger partial charge in [-0.15, -0.1) is 0 Å². The van der Waals surface area contributed by atoms with Gasteiger partial charge < -0.3 is 20.3 Å². The summed E-state index contributed by atoms with van der Waals surface area (Å²) in [6.07, 6.45) is 54.6. The first-order valence-electron chi connectivity index (χ1n) is 27.8. The van der Waals surface area contributed by atoms with Crippen LogP contribution in [0.3, 0.4) is 0 Å². The van der Waals surface area contributed by atoms with Gasteiger partial charge in [0.05, 0.1) is 25.2 Å². The maximum atomic E-state index is 13.2. The second kappa shape index (κ2) is 49.9. The minimum absolute atomic E-state index is 0.0876. The average molecular weight is 864 g/mol. The van der Waals surface area contributed by atoms with Crippen LogP contribution in [-0.4, -0.2) is 46.9 Å². The molecule has 6 nitrogen and oxygen atoms in total. The number of unbranched alkanes of at least 4 members (excludes halogenated alkanes) is 39. The van der Waals surface area contributed by atoms with Gasteiger partial charge in [-0.25, -0.2) is 0 Å². The monoisotopic (exact) mass is 864 g/mol. The van der Waals surface area contributed by atoms with Crippen molar-refractivity contribution in [1.82, 2.24) is 5.32 Å². The number of amides is 1. The highest BCUT2D eigenvalue weighted by atomic mass is 16.5. The lowest BCUT2D eigenvalue weighted by Crippen LogP contribution is -2.46. The molecule has 0 radical (unpaired) electrons. The Morgan fingerprint density at radius 3 is 1.00 bits per heavy atom. The van der Waals surface area contributed by atoms with Gasteiger partial charge in [0.15, 0.2) is 0 Å². The Bertz CT molecular complexity index is 882. The summed E-state index contributed by atoms with van der Waals surface area (Å²) in [5, 5.41) is 23.8. The standard InChI is InChI=1S/C55H109NO5/c1-4-7-10-13-16-19-22-24-25-26-27-28-29-31-33-36-39-42-45-48-55(60)61-51(46-43-40-37-34-21-18-15-12-9-6-3)49-54(59)56-52(50-57)53(58)47-44-41-38-35-32-30-23-20-17-14-11-8-5-2/h51-53,57-58H,4-50H2,1-3H3,(H,56,59). The van der Waals surface area contributed by atoms with Crippen molar-refractivity contribution < 1.29 is 24.5 Å². The number of carbonyl (C=O) groups is 2. The molecule has 0 aliphatic rings. The molecule has 61 heavy (non-hydrogen) atoms. The molecule has 0 rings (SSSR count). The fraction of sp³-hybridized carbons (Fsp3) is 0.964. The first-order chi connectivity index (χ1) is 30.0. The Labute approximate surface area is 381 Å². The molecule has 0 aromatic rings. The van der Waals surface area contributed by atoms with Crippen LogP contribution in [0.25, 0.3) is 0 Å². The van der Waals surface area contributed by atoms with E-state index in [1.807, 2.05) is 0 Å². The highest BCUT2D eigenvalue weighted by molar-refractivity contribution is 5.77. The van der Waals surface area contributed by atoms with Crippen LogP contribution in [-0.2, 0) is 14.3 Å². The number of hydrogen-bond acceptors (Lipinski definition) is 5. The number of esters is 1. The highest BCUT2D eigenvalue weighted by Gasteiger charge is 2.24. The van der Waals surface area contributed by atoms with E-state index in [9.17, 15) is 19.8 Å². The number of ether oxygens (including phenoxy) is 1. The predicted octanol–water partition coefficient (Wildman–Crippen LogP) is 16.7. The molecular formula is C55H109NO5. The van der Waals surface area contributed by atoms with E-state index >= 15 is 0 Å². The Balaban J connectivity index is 4.37. The van der Waals surface area contributed by atoms with E-state index < -0.39 is 18.2 Å².